The van der Waals surface area contributed by atoms with Crippen molar-refractivity contribution in [1.82, 2.24) is 9.71 Å². The minimum atomic E-state index is -3.78. The Labute approximate surface area is 174 Å². The van der Waals surface area contributed by atoms with E-state index in [0.29, 0.717) is 29.7 Å². The molecule has 0 saturated heterocycles. The number of ether oxygens (including phenoxy) is 2. The zero-order valence-electron chi connectivity index (χ0n) is 16.2. The summed E-state index contributed by atoms with van der Waals surface area (Å²) in [4.78, 5) is 4.46. The van der Waals surface area contributed by atoms with E-state index in [9.17, 15) is 8.42 Å². The van der Waals surface area contributed by atoms with Crippen molar-refractivity contribution in [1.29, 1.82) is 0 Å². The molecule has 1 aromatic heterocycles. The molecule has 29 heavy (non-hydrogen) atoms. The van der Waals surface area contributed by atoms with E-state index >= 15 is 0 Å². The molecular formula is C20H21ClN2O5S. The van der Waals surface area contributed by atoms with Crippen LogP contribution in [0.4, 0.5) is 0 Å². The minimum Gasteiger partial charge on any atom is -0.495 e. The summed E-state index contributed by atoms with van der Waals surface area (Å²) in [7, 11) is -2.32. The van der Waals surface area contributed by atoms with Gasteiger partial charge in [-0.25, -0.2) is 18.1 Å². The number of nitrogens with one attached hydrogen (secondary N) is 1. The van der Waals surface area contributed by atoms with Crippen LogP contribution in [0, 0.1) is 6.92 Å². The van der Waals surface area contributed by atoms with Gasteiger partial charge < -0.3 is 13.9 Å². The molecule has 0 saturated carbocycles. The Kier molecular flexibility index (Phi) is 6.46. The van der Waals surface area contributed by atoms with E-state index in [0.717, 1.165) is 11.3 Å². The maximum atomic E-state index is 12.6. The Bertz CT molecular complexity index is 1090. The van der Waals surface area contributed by atoms with Crippen LogP contribution in [-0.4, -0.2) is 27.1 Å². The van der Waals surface area contributed by atoms with Gasteiger partial charge in [-0.15, -0.1) is 0 Å². The summed E-state index contributed by atoms with van der Waals surface area (Å²) < 4.78 is 43.8. The molecule has 154 valence electrons. The lowest BCUT2D eigenvalue weighted by atomic mass is 10.2. The molecule has 0 bridgehead atoms. The quantitative estimate of drug-likeness (QED) is 0.569. The molecule has 0 aliphatic rings. The van der Waals surface area contributed by atoms with E-state index in [-0.39, 0.29) is 16.5 Å². The predicted octanol–water partition coefficient (Wildman–Crippen LogP) is 4.19. The lowest BCUT2D eigenvalue weighted by Gasteiger charge is -2.08. The number of halogens is 1. The standard InChI is InChI=1S/C20H21ClN2O5S/c1-4-27-15-7-5-14(6-8-15)20-23-18(13(2)28-20)12-22-29(24,25)16-9-10-19(26-3)17(21)11-16/h5-11,22H,4,12H2,1-3H3. The van der Waals surface area contributed by atoms with Crippen LogP contribution in [0.3, 0.4) is 0 Å². The van der Waals surface area contributed by atoms with Crippen LogP contribution >= 0.6 is 11.6 Å². The van der Waals surface area contributed by atoms with Gasteiger partial charge in [0.15, 0.2) is 0 Å². The molecule has 0 radical (unpaired) electrons. The zero-order valence-corrected chi connectivity index (χ0v) is 17.8. The number of nitrogens with zero attached hydrogens (tertiary/aromatic N) is 1. The first-order valence-corrected chi connectivity index (χ1v) is 10.7. The van der Waals surface area contributed by atoms with E-state index in [1.807, 2.05) is 31.2 Å². The molecular weight excluding hydrogens is 416 g/mol. The summed E-state index contributed by atoms with van der Waals surface area (Å²) in [6.07, 6.45) is 0. The number of aryl methyl sites for hydroxylation is 1. The molecule has 3 aromatic rings. The second kappa shape index (κ2) is 8.86. The Morgan fingerprint density at radius 1 is 1.17 bits per heavy atom. The van der Waals surface area contributed by atoms with E-state index < -0.39 is 10.0 Å². The van der Waals surface area contributed by atoms with Crippen molar-refractivity contribution in [3.63, 3.8) is 0 Å². The van der Waals surface area contributed by atoms with E-state index in [2.05, 4.69) is 9.71 Å². The minimum absolute atomic E-state index is 0.0155. The molecule has 0 spiro atoms. The molecule has 0 amide bonds. The SMILES string of the molecule is CCOc1ccc(-c2nc(CNS(=O)(=O)c3ccc(OC)c(Cl)c3)c(C)o2)cc1. The summed E-state index contributed by atoms with van der Waals surface area (Å²) >= 11 is 6.03. The first kappa shape index (κ1) is 21.2. The fraction of sp³-hybridized carbons (Fsp3) is 0.250. The monoisotopic (exact) mass is 436 g/mol. The van der Waals surface area contributed by atoms with Crippen LogP contribution in [0.25, 0.3) is 11.5 Å². The molecule has 9 heteroatoms. The Morgan fingerprint density at radius 3 is 2.52 bits per heavy atom. The fourth-order valence-electron chi connectivity index (χ4n) is 2.64. The maximum Gasteiger partial charge on any atom is 0.240 e. The Balaban J connectivity index is 1.74. The Hall–Kier alpha value is -2.55. The summed E-state index contributed by atoms with van der Waals surface area (Å²) in [5.41, 5.74) is 1.27. The van der Waals surface area contributed by atoms with Gasteiger partial charge in [-0.3, -0.25) is 0 Å². The van der Waals surface area contributed by atoms with Crippen molar-refractivity contribution in [2.75, 3.05) is 13.7 Å². The summed E-state index contributed by atoms with van der Waals surface area (Å²) in [6, 6.07) is 11.6. The van der Waals surface area contributed by atoms with Crippen LogP contribution in [0.1, 0.15) is 18.4 Å². The van der Waals surface area contributed by atoms with Gasteiger partial charge >= 0.3 is 0 Å². The molecule has 0 aliphatic carbocycles. The highest BCUT2D eigenvalue weighted by Crippen LogP contribution is 2.27. The molecule has 0 aliphatic heterocycles. The van der Waals surface area contributed by atoms with Crippen LogP contribution in [0.2, 0.25) is 5.02 Å². The van der Waals surface area contributed by atoms with Gasteiger partial charge in [0.1, 0.15) is 17.3 Å². The summed E-state index contributed by atoms with van der Waals surface area (Å²) in [5.74, 6) is 2.10. The first-order chi connectivity index (χ1) is 13.8. The van der Waals surface area contributed by atoms with Crippen LogP contribution in [-0.2, 0) is 16.6 Å². The van der Waals surface area contributed by atoms with Crippen molar-refractivity contribution >= 4 is 21.6 Å². The highest BCUT2D eigenvalue weighted by atomic mass is 35.5. The lowest BCUT2D eigenvalue weighted by Crippen LogP contribution is -2.23. The molecule has 2 aromatic carbocycles. The average molecular weight is 437 g/mol. The number of sulfonamides is 1. The topological polar surface area (TPSA) is 90.7 Å². The van der Waals surface area contributed by atoms with Crippen LogP contribution in [0.5, 0.6) is 11.5 Å². The number of hydrogen-bond donors (Lipinski definition) is 1. The van der Waals surface area contributed by atoms with Gasteiger partial charge in [0.05, 0.1) is 35.9 Å². The van der Waals surface area contributed by atoms with Crippen molar-refractivity contribution < 1.29 is 22.3 Å². The van der Waals surface area contributed by atoms with Gasteiger partial charge in [0.2, 0.25) is 15.9 Å². The summed E-state index contributed by atoms with van der Waals surface area (Å²) in [5, 5.41) is 0.214. The molecule has 1 N–H and O–H groups in total. The lowest BCUT2D eigenvalue weighted by molar-refractivity contribution is 0.340. The number of aromatic nitrogens is 1. The second-order valence-corrected chi connectivity index (χ2v) is 8.27. The highest BCUT2D eigenvalue weighted by molar-refractivity contribution is 7.89. The normalized spacial score (nSPS) is 11.4. The van der Waals surface area contributed by atoms with Crippen molar-refractivity contribution in [2.45, 2.75) is 25.3 Å². The van der Waals surface area contributed by atoms with Crippen molar-refractivity contribution in [3.05, 3.63) is 58.9 Å². The van der Waals surface area contributed by atoms with Crippen LogP contribution < -0.4 is 14.2 Å². The third-order valence-electron chi connectivity index (χ3n) is 4.17. The number of methoxy groups -OCH3 is 1. The molecule has 0 fully saturated rings. The third-order valence-corrected chi connectivity index (χ3v) is 5.86. The average Bonchev–Trinajstić information content (AvgIpc) is 3.08. The van der Waals surface area contributed by atoms with Gasteiger partial charge in [0.25, 0.3) is 0 Å². The Morgan fingerprint density at radius 2 is 1.90 bits per heavy atom. The number of oxazole rings is 1. The third kappa shape index (κ3) is 4.90. The smallest absolute Gasteiger partial charge is 0.240 e. The molecule has 7 nitrogen and oxygen atoms in total. The summed E-state index contributed by atoms with van der Waals surface area (Å²) in [6.45, 7) is 4.22. The molecule has 1 heterocycles. The highest BCUT2D eigenvalue weighted by Gasteiger charge is 2.18. The molecule has 0 unspecified atom stereocenters. The molecule has 3 rings (SSSR count). The van der Waals surface area contributed by atoms with E-state index in [1.165, 1.54) is 25.3 Å². The molecule has 0 atom stereocenters. The van der Waals surface area contributed by atoms with E-state index in [4.69, 9.17) is 25.5 Å². The largest absolute Gasteiger partial charge is 0.495 e. The zero-order chi connectivity index (χ0) is 21.0. The van der Waals surface area contributed by atoms with Gasteiger partial charge in [-0.1, -0.05) is 11.6 Å². The van der Waals surface area contributed by atoms with Crippen molar-refractivity contribution in [2.24, 2.45) is 0 Å². The van der Waals surface area contributed by atoms with Gasteiger partial charge in [-0.2, -0.15) is 0 Å². The number of hydrogen-bond acceptors (Lipinski definition) is 6. The predicted molar refractivity (Wildman–Crippen MR) is 110 cm³/mol. The van der Waals surface area contributed by atoms with E-state index in [1.54, 1.807) is 6.92 Å². The number of rotatable bonds is 8. The second-order valence-electron chi connectivity index (χ2n) is 6.10. The fourth-order valence-corrected chi connectivity index (χ4v) is 3.97. The van der Waals surface area contributed by atoms with Gasteiger partial charge in [-0.05, 0) is 56.3 Å². The van der Waals surface area contributed by atoms with Crippen LogP contribution in [0.15, 0.2) is 51.8 Å². The number of benzene rings is 2. The van der Waals surface area contributed by atoms with Crippen molar-refractivity contribution in [3.8, 4) is 23.0 Å². The van der Waals surface area contributed by atoms with Gasteiger partial charge in [0, 0.05) is 5.56 Å². The first-order valence-electron chi connectivity index (χ1n) is 8.86. The maximum absolute atomic E-state index is 12.6.